The van der Waals surface area contributed by atoms with Gasteiger partial charge in [-0.2, -0.15) is 11.8 Å². The molecule has 0 saturated heterocycles. The van der Waals surface area contributed by atoms with Crippen molar-refractivity contribution in [1.29, 1.82) is 0 Å². The smallest absolute Gasteiger partial charge is 0.271 e. The highest BCUT2D eigenvalue weighted by atomic mass is 32.2. The number of nitrogens with one attached hydrogen (secondary N) is 1. The van der Waals surface area contributed by atoms with Crippen LogP contribution in [0.3, 0.4) is 0 Å². The summed E-state index contributed by atoms with van der Waals surface area (Å²) in [6.07, 6.45) is 10.0. The molecule has 1 unspecified atom stereocenters. The molecule has 1 atom stereocenters. The second kappa shape index (κ2) is 10.9. The molecule has 0 spiro atoms. The van der Waals surface area contributed by atoms with Crippen molar-refractivity contribution in [2.75, 3.05) is 18.1 Å². The van der Waals surface area contributed by atoms with Gasteiger partial charge in [0.25, 0.3) is 5.91 Å². The molecule has 1 N–H and O–H groups in total. The molecule has 1 aliphatic heterocycles. The number of thioether (sulfide) groups is 1. The van der Waals surface area contributed by atoms with Gasteiger partial charge in [0.2, 0.25) is 5.91 Å². The van der Waals surface area contributed by atoms with E-state index in [2.05, 4.69) is 29.8 Å². The highest BCUT2D eigenvalue weighted by molar-refractivity contribution is 7.99. The van der Waals surface area contributed by atoms with E-state index in [1.807, 2.05) is 29.7 Å². The molecule has 2 aromatic heterocycles. The molecule has 1 fully saturated rings. The van der Waals surface area contributed by atoms with E-state index < -0.39 is 5.54 Å². The normalized spacial score (nSPS) is 21.9. The Bertz CT molecular complexity index is 974. The summed E-state index contributed by atoms with van der Waals surface area (Å²) in [5.41, 5.74) is 0.971. The number of hydrogen-bond acceptors (Lipinski definition) is 4. The Kier molecular flexibility index (Phi) is 8.11. The van der Waals surface area contributed by atoms with Crippen LogP contribution in [0.5, 0.6) is 0 Å². The summed E-state index contributed by atoms with van der Waals surface area (Å²) in [7, 11) is 0. The van der Waals surface area contributed by atoms with E-state index in [-0.39, 0.29) is 17.9 Å². The van der Waals surface area contributed by atoms with Crippen LogP contribution in [0.25, 0.3) is 10.2 Å². The maximum absolute atomic E-state index is 13.8. The number of hydrogen-bond donors (Lipinski definition) is 1. The molecule has 0 aromatic carbocycles. The molecule has 2 aromatic rings. The van der Waals surface area contributed by atoms with Crippen molar-refractivity contribution in [1.82, 2.24) is 14.8 Å². The average Bonchev–Trinajstić information content (AvgIpc) is 3.24. The van der Waals surface area contributed by atoms with E-state index in [1.54, 1.807) is 11.3 Å². The van der Waals surface area contributed by atoms with Crippen molar-refractivity contribution in [2.45, 2.75) is 96.7 Å². The van der Waals surface area contributed by atoms with E-state index in [9.17, 15) is 9.59 Å². The summed E-state index contributed by atoms with van der Waals surface area (Å²) >= 11 is 3.70. The molecule has 2 aliphatic rings. The van der Waals surface area contributed by atoms with Gasteiger partial charge in [-0.25, -0.2) is 0 Å². The van der Waals surface area contributed by atoms with Gasteiger partial charge in [-0.15, -0.1) is 11.3 Å². The summed E-state index contributed by atoms with van der Waals surface area (Å²) in [6.45, 7) is 7.49. The predicted molar refractivity (Wildman–Crippen MR) is 141 cm³/mol. The summed E-state index contributed by atoms with van der Waals surface area (Å²) in [4.78, 5) is 30.8. The summed E-state index contributed by atoms with van der Waals surface area (Å²) in [6, 6.07) is 4.48. The third-order valence-corrected chi connectivity index (χ3v) is 9.70. The van der Waals surface area contributed by atoms with Crippen molar-refractivity contribution in [3.8, 4) is 0 Å². The summed E-state index contributed by atoms with van der Waals surface area (Å²) in [5, 5.41) is 3.37. The van der Waals surface area contributed by atoms with Crippen LogP contribution in [0.1, 0.15) is 87.5 Å². The van der Waals surface area contributed by atoms with Crippen LogP contribution in [-0.4, -0.2) is 50.9 Å². The molecule has 7 heteroatoms. The maximum Gasteiger partial charge on any atom is 0.271 e. The highest BCUT2D eigenvalue weighted by Crippen LogP contribution is 2.36. The van der Waals surface area contributed by atoms with Crippen molar-refractivity contribution in [3.05, 3.63) is 22.7 Å². The first-order valence-electron chi connectivity index (χ1n) is 12.8. The Morgan fingerprint density at radius 1 is 1.18 bits per heavy atom. The zero-order valence-electron chi connectivity index (χ0n) is 20.5. The van der Waals surface area contributed by atoms with Gasteiger partial charge in [0.05, 0.1) is 16.8 Å². The predicted octanol–water partition coefficient (Wildman–Crippen LogP) is 5.85. The van der Waals surface area contributed by atoms with Gasteiger partial charge in [0, 0.05) is 17.5 Å². The number of nitrogens with zero attached hydrogens (tertiary/aromatic N) is 2. The number of aryl methyl sites for hydroxylation is 1. The van der Waals surface area contributed by atoms with Gasteiger partial charge in [0.15, 0.2) is 0 Å². The fraction of sp³-hybridized carbons (Fsp3) is 0.692. The van der Waals surface area contributed by atoms with Gasteiger partial charge in [-0.3, -0.25) is 9.59 Å². The summed E-state index contributed by atoms with van der Waals surface area (Å²) in [5.74, 6) is 2.18. The van der Waals surface area contributed by atoms with Crippen LogP contribution in [0.15, 0.2) is 12.1 Å². The lowest BCUT2D eigenvalue weighted by Gasteiger charge is -2.44. The van der Waals surface area contributed by atoms with Gasteiger partial charge < -0.3 is 14.8 Å². The Labute approximate surface area is 206 Å². The number of thiophene rings is 1. The van der Waals surface area contributed by atoms with Crippen LogP contribution < -0.4 is 5.32 Å². The molecule has 4 rings (SSSR count). The lowest BCUT2D eigenvalue weighted by molar-refractivity contribution is -0.133. The zero-order chi connectivity index (χ0) is 23.4. The third kappa shape index (κ3) is 5.14. The first-order valence-corrected chi connectivity index (χ1v) is 14.8. The standard InChI is InChI=1S/C26H39N3O2S2/c1-4-14-32-15-10-13-29-24(30)22-17-23-21(16-20(5-2)33-23)28(22)18-26(29,3)25(31)27-19-11-8-6-7-9-12-19/h16-17,19H,4-15,18H2,1-3H3,(H,27,31). The molecule has 3 heterocycles. The fourth-order valence-electron chi connectivity index (χ4n) is 5.25. The van der Waals surface area contributed by atoms with Crippen molar-refractivity contribution >= 4 is 45.1 Å². The van der Waals surface area contributed by atoms with Crippen molar-refractivity contribution in [3.63, 3.8) is 0 Å². The SMILES string of the molecule is CCCSCCCN1C(=O)c2cc3sc(CC)cc3n2CC1(C)C(=O)NC1CCCCCC1. The zero-order valence-corrected chi connectivity index (χ0v) is 22.1. The van der Waals surface area contributed by atoms with Crippen molar-refractivity contribution < 1.29 is 9.59 Å². The lowest BCUT2D eigenvalue weighted by Crippen LogP contribution is -2.65. The maximum atomic E-state index is 13.8. The first kappa shape index (κ1) is 24.6. The fourth-order valence-corrected chi connectivity index (χ4v) is 7.12. The van der Waals surface area contributed by atoms with E-state index in [0.29, 0.717) is 13.1 Å². The van der Waals surface area contributed by atoms with Crippen LogP contribution >= 0.6 is 23.1 Å². The molecule has 182 valence electrons. The molecule has 1 saturated carbocycles. The molecule has 5 nitrogen and oxygen atoms in total. The Balaban J connectivity index is 1.61. The molecule has 0 bridgehead atoms. The summed E-state index contributed by atoms with van der Waals surface area (Å²) < 4.78 is 3.27. The van der Waals surface area contributed by atoms with Gasteiger partial charge in [-0.05, 0) is 62.7 Å². The lowest BCUT2D eigenvalue weighted by atomic mass is 9.93. The molecule has 2 amide bonds. The number of carbonyl (C=O) groups is 2. The second-order valence-electron chi connectivity index (χ2n) is 9.79. The van der Waals surface area contributed by atoms with Crippen LogP contribution in [-0.2, 0) is 17.8 Å². The van der Waals surface area contributed by atoms with Crippen molar-refractivity contribution in [2.24, 2.45) is 0 Å². The van der Waals surface area contributed by atoms with E-state index >= 15 is 0 Å². The topological polar surface area (TPSA) is 54.3 Å². The number of rotatable bonds is 9. The number of amides is 2. The largest absolute Gasteiger partial charge is 0.351 e. The number of carbonyl (C=O) groups excluding carboxylic acids is 2. The Morgan fingerprint density at radius 3 is 2.64 bits per heavy atom. The van der Waals surface area contributed by atoms with Crippen LogP contribution in [0.2, 0.25) is 0 Å². The molecule has 33 heavy (non-hydrogen) atoms. The quantitative estimate of drug-likeness (QED) is 0.355. The van der Waals surface area contributed by atoms with Crippen LogP contribution in [0, 0.1) is 0 Å². The second-order valence-corrected chi connectivity index (χ2v) is 12.2. The Hall–Kier alpha value is -1.47. The molecular formula is C26H39N3O2S2. The van der Waals surface area contributed by atoms with E-state index in [1.165, 1.54) is 37.0 Å². The highest BCUT2D eigenvalue weighted by Gasteiger charge is 2.48. The Morgan fingerprint density at radius 2 is 1.94 bits per heavy atom. The molecule has 1 aliphatic carbocycles. The van der Waals surface area contributed by atoms with Gasteiger partial charge in [0.1, 0.15) is 11.2 Å². The van der Waals surface area contributed by atoms with Gasteiger partial charge >= 0.3 is 0 Å². The van der Waals surface area contributed by atoms with Gasteiger partial charge in [-0.1, -0.05) is 39.5 Å². The molecular weight excluding hydrogens is 450 g/mol. The number of aromatic nitrogens is 1. The minimum absolute atomic E-state index is 0.00158. The first-order chi connectivity index (χ1) is 16.0. The van der Waals surface area contributed by atoms with Crippen LogP contribution in [0.4, 0.5) is 0 Å². The average molecular weight is 490 g/mol. The minimum atomic E-state index is -0.869. The third-order valence-electron chi connectivity index (χ3n) is 7.21. The van der Waals surface area contributed by atoms with E-state index in [4.69, 9.17) is 0 Å². The monoisotopic (exact) mass is 489 g/mol. The van der Waals surface area contributed by atoms with E-state index in [0.717, 1.165) is 53.1 Å². The molecule has 0 radical (unpaired) electrons. The number of fused-ring (bicyclic) bond motifs is 3. The minimum Gasteiger partial charge on any atom is -0.351 e.